The molecular weight excluding hydrogens is 220 g/mol. The maximum absolute atomic E-state index is 11.6. The first kappa shape index (κ1) is 11.3. The van der Waals surface area contributed by atoms with E-state index in [0.717, 1.165) is 28.8 Å². The van der Waals surface area contributed by atoms with Crippen LogP contribution in [-0.4, -0.2) is 23.9 Å². The standard InChI is InChI=1S/C12H16N2OS/c1-3-10(15)11-9(2)13-12(16-11)14-7-5-4-6-8-14/h3H,1,4-8H2,2H3. The van der Waals surface area contributed by atoms with Crippen molar-refractivity contribution < 1.29 is 4.79 Å². The van der Waals surface area contributed by atoms with Crippen molar-refractivity contribution in [3.8, 4) is 0 Å². The number of aryl methyl sites for hydroxylation is 1. The summed E-state index contributed by atoms with van der Waals surface area (Å²) >= 11 is 1.49. The molecule has 2 heterocycles. The molecule has 0 amide bonds. The van der Waals surface area contributed by atoms with Crippen molar-refractivity contribution in [2.24, 2.45) is 0 Å². The first-order valence-electron chi connectivity index (χ1n) is 5.61. The van der Waals surface area contributed by atoms with Gasteiger partial charge in [0.15, 0.2) is 10.9 Å². The topological polar surface area (TPSA) is 33.2 Å². The number of anilines is 1. The summed E-state index contributed by atoms with van der Waals surface area (Å²) in [6, 6.07) is 0. The summed E-state index contributed by atoms with van der Waals surface area (Å²) in [4.78, 5) is 19.1. The van der Waals surface area contributed by atoms with Gasteiger partial charge in [-0.25, -0.2) is 4.98 Å². The van der Waals surface area contributed by atoms with Crippen LogP contribution >= 0.6 is 11.3 Å². The Hall–Kier alpha value is -1.16. The minimum atomic E-state index is -0.0155. The van der Waals surface area contributed by atoms with Crippen molar-refractivity contribution in [1.82, 2.24) is 4.98 Å². The van der Waals surface area contributed by atoms with Crippen LogP contribution in [0, 0.1) is 6.92 Å². The molecule has 0 unspecified atom stereocenters. The van der Waals surface area contributed by atoms with E-state index in [4.69, 9.17) is 0 Å². The average Bonchev–Trinajstić information content (AvgIpc) is 2.71. The number of hydrogen-bond donors (Lipinski definition) is 0. The van der Waals surface area contributed by atoms with Gasteiger partial charge in [0.1, 0.15) is 0 Å². The fraction of sp³-hybridized carbons (Fsp3) is 0.500. The normalized spacial score (nSPS) is 16.2. The van der Waals surface area contributed by atoms with Crippen molar-refractivity contribution in [2.45, 2.75) is 26.2 Å². The van der Waals surface area contributed by atoms with Gasteiger partial charge in [0.25, 0.3) is 0 Å². The van der Waals surface area contributed by atoms with Gasteiger partial charge >= 0.3 is 0 Å². The maximum atomic E-state index is 11.6. The van der Waals surface area contributed by atoms with Crippen LogP contribution < -0.4 is 4.90 Å². The van der Waals surface area contributed by atoms with Crippen LogP contribution in [0.15, 0.2) is 12.7 Å². The Morgan fingerprint density at radius 3 is 2.75 bits per heavy atom. The minimum Gasteiger partial charge on any atom is -0.348 e. The van der Waals surface area contributed by atoms with Gasteiger partial charge in [0.05, 0.1) is 10.6 Å². The Bertz CT molecular complexity index is 405. The summed E-state index contributed by atoms with van der Waals surface area (Å²) in [7, 11) is 0. The number of hydrogen-bond acceptors (Lipinski definition) is 4. The summed E-state index contributed by atoms with van der Waals surface area (Å²) in [5, 5.41) is 0.988. The highest BCUT2D eigenvalue weighted by atomic mass is 32.1. The Kier molecular flexibility index (Phi) is 3.39. The number of thiazole rings is 1. The van der Waals surface area contributed by atoms with Crippen molar-refractivity contribution in [1.29, 1.82) is 0 Å². The number of ketones is 1. The van der Waals surface area contributed by atoms with E-state index < -0.39 is 0 Å². The van der Waals surface area contributed by atoms with Crippen molar-refractivity contribution in [2.75, 3.05) is 18.0 Å². The lowest BCUT2D eigenvalue weighted by Crippen LogP contribution is -2.29. The van der Waals surface area contributed by atoms with Gasteiger partial charge in [-0.15, -0.1) is 0 Å². The fourth-order valence-corrected chi connectivity index (χ4v) is 2.98. The molecule has 4 heteroatoms. The Morgan fingerprint density at radius 2 is 2.12 bits per heavy atom. The van der Waals surface area contributed by atoms with Crippen LogP contribution in [0.5, 0.6) is 0 Å². The zero-order valence-electron chi connectivity index (χ0n) is 9.53. The van der Waals surface area contributed by atoms with Gasteiger partial charge in [0, 0.05) is 13.1 Å². The number of carbonyl (C=O) groups is 1. The van der Waals surface area contributed by atoms with Crippen molar-refractivity contribution >= 4 is 22.3 Å². The van der Waals surface area contributed by atoms with Gasteiger partial charge < -0.3 is 4.90 Å². The molecule has 1 aromatic heterocycles. The molecule has 0 N–H and O–H groups in total. The molecule has 1 aromatic rings. The van der Waals surface area contributed by atoms with Crippen LogP contribution in [-0.2, 0) is 0 Å². The number of piperidine rings is 1. The predicted octanol–water partition coefficient (Wildman–Crippen LogP) is 2.81. The molecule has 0 aromatic carbocycles. The van der Waals surface area contributed by atoms with Crippen LogP contribution in [0.3, 0.4) is 0 Å². The number of carbonyl (C=O) groups excluding carboxylic acids is 1. The average molecular weight is 236 g/mol. The first-order valence-corrected chi connectivity index (χ1v) is 6.43. The van der Waals surface area contributed by atoms with E-state index >= 15 is 0 Å². The van der Waals surface area contributed by atoms with Crippen molar-refractivity contribution in [3.05, 3.63) is 23.2 Å². The lowest BCUT2D eigenvalue weighted by Gasteiger charge is -2.25. The molecule has 0 saturated carbocycles. The van der Waals surface area contributed by atoms with Gasteiger partial charge in [-0.05, 0) is 32.3 Å². The van der Waals surface area contributed by atoms with E-state index in [1.165, 1.54) is 36.7 Å². The molecule has 0 bridgehead atoms. The molecule has 2 rings (SSSR count). The van der Waals surface area contributed by atoms with Crippen molar-refractivity contribution in [3.63, 3.8) is 0 Å². The molecule has 0 aliphatic carbocycles. The second-order valence-corrected chi connectivity index (χ2v) is 5.00. The molecule has 1 saturated heterocycles. The quantitative estimate of drug-likeness (QED) is 0.597. The SMILES string of the molecule is C=CC(=O)c1sc(N2CCCCC2)nc1C. The monoisotopic (exact) mass is 236 g/mol. The molecule has 0 atom stereocenters. The number of rotatable bonds is 3. The molecule has 3 nitrogen and oxygen atoms in total. The van der Waals surface area contributed by atoms with E-state index in [0.29, 0.717) is 0 Å². The van der Waals surface area contributed by atoms with E-state index in [9.17, 15) is 4.79 Å². The summed E-state index contributed by atoms with van der Waals surface area (Å²) in [5.74, 6) is -0.0155. The minimum absolute atomic E-state index is 0.0155. The Morgan fingerprint density at radius 1 is 1.44 bits per heavy atom. The maximum Gasteiger partial charge on any atom is 0.197 e. The summed E-state index contributed by atoms with van der Waals surface area (Å²) in [6.45, 7) is 7.53. The Balaban J connectivity index is 2.22. The summed E-state index contributed by atoms with van der Waals surface area (Å²) in [5.41, 5.74) is 0.829. The van der Waals surface area contributed by atoms with Gasteiger partial charge in [-0.3, -0.25) is 4.79 Å². The second kappa shape index (κ2) is 4.78. The van der Waals surface area contributed by atoms with Crippen LogP contribution in [0.2, 0.25) is 0 Å². The van der Waals surface area contributed by atoms with E-state index in [2.05, 4.69) is 16.5 Å². The zero-order valence-corrected chi connectivity index (χ0v) is 10.3. The molecule has 0 radical (unpaired) electrons. The third-order valence-electron chi connectivity index (χ3n) is 2.82. The highest BCUT2D eigenvalue weighted by Gasteiger charge is 2.18. The third kappa shape index (κ3) is 2.16. The summed E-state index contributed by atoms with van der Waals surface area (Å²) in [6.07, 6.45) is 5.12. The molecule has 16 heavy (non-hydrogen) atoms. The molecule has 0 spiro atoms. The van der Waals surface area contributed by atoms with Crippen LogP contribution in [0.1, 0.15) is 34.6 Å². The van der Waals surface area contributed by atoms with Gasteiger partial charge in [0.2, 0.25) is 0 Å². The number of aromatic nitrogens is 1. The van der Waals surface area contributed by atoms with Gasteiger partial charge in [-0.1, -0.05) is 17.9 Å². The predicted molar refractivity (Wildman–Crippen MR) is 67.4 cm³/mol. The summed E-state index contributed by atoms with van der Waals surface area (Å²) < 4.78 is 0. The zero-order chi connectivity index (χ0) is 11.5. The highest BCUT2D eigenvalue weighted by molar-refractivity contribution is 7.17. The lowest BCUT2D eigenvalue weighted by atomic mass is 10.1. The smallest absolute Gasteiger partial charge is 0.197 e. The van der Waals surface area contributed by atoms with Gasteiger partial charge in [-0.2, -0.15) is 0 Å². The lowest BCUT2D eigenvalue weighted by molar-refractivity contribution is 0.105. The molecule has 86 valence electrons. The largest absolute Gasteiger partial charge is 0.348 e. The van der Waals surface area contributed by atoms with Crippen LogP contribution in [0.4, 0.5) is 5.13 Å². The van der Waals surface area contributed by atoms with E-state index in [-0.39, 0.29) is 5.78 Å². The van der Waals surface area contributed by atoms with E-state index in [1.807, 2.05) is 6.92 Å². The molecule has 1 aliphatic rings. The highest BCUT2D eigenvalue weighted by Crippen LogP contribution is 2.28. The van der Waals surface area contributed by atoms with E-state index in [1.54, 1.807) is 0 Å². The molecule has 1 aliphatic heterocycles. The number of allylic oxidation sites excluding steroid dienone is 1. The first-order chi connectivity index (χ1) is 7.72. The van der Waals surface area contributed by atoms with Crippen LogP contribution in [0.25, 0.3) is 0 Å². The second-order valence-electron chi connectivity index (χ2n) is 4.03. The number of nitrogens with zero attached hydrogens (tertiary/aromatic N) is 2. The molecule has 1 fully saturated rings. The fourth-order valence-electron chi connectivity index (χ4n) is 1.92. The third-order valence-corrected chi connectivity index (χ3v) is 4.05. The molecular formula is C12H16N2OS. The Labute approximate surface area is 99.8 Å².